The van der Waals surface area contributed by atoms with Gasteiger partial charge in [0, 0.05) is 12.5 Å². The molecule has 0 spiro atoms. The van der Waals surface area contributed by atoms with Gasteiger partial charge >= 0.3 is 0 Å². The Hall–Kier alpha value is -2.13. The second-order valence-electron chi connectivity index (χ2n) is 4.29. The van der Waals surface area contributed by atoms with Gasteiger partial charge in [-0.2, -0.15) is 0 Å². The number of benzene rings is 1. The summed E-state index contributed by atoms with van der Waals surface area (Å²) < 4.78 is 49.8. The molecule has 0 unspecified atom stereocenters. The maximum Gasteiger partial charge on any atom is 0.265 e. The summed E-state index contributed by atoms with van der Waals surface area (Å²) >= 11 is 0. The van der Waals surface area contributed by atoms with E-state index in [4.69, 9.17) is 5.73 Å². The van der Waals surface area contributed by atoms with Gasteiger partial charge in [-0.1, -0.05) is 6.07 Å². The minimum absolute atomic E-state index is 0.0502. The van der Waals surface area contributed by atoms with Crippen LogP contribution in [0.3, 0.4) is 0 Å². The number of anilines is 2. The van der Waals surface area contributed by atoms with Crippen LogP contribution in [0.1, 0.15) is 0 Å². The molecule has 0 saturated carbocycles. The van der Waals surface area contributed by atoms with Crippen molar-refractivity contribution in [3.63, 3.8) is 0 Å². The zero-order valence-electron chi connectivity index (χ0n) is 11.0. The van der Waals surface area contributed by atoms with Crippen molar-refractivity contribution in [2.24, 2.45) is 0 Å². The molecule has 0 bridgehead atoms. The molecule has 3 N–H and O–H groups in total. The van der Waals surface area contributed by atoms with Crippen LogP contribution in [-0.4, -0.2) is 28.1 Å². The van der Waals surface area contributed by atoms with Crippen LogP contribution >= 0.6 is 0 Å². The second-order valence-corrected chi connectivity index (χ2v) is 7.96. The number of sulfonamides is 1. The molecule has 0 radical (unpaired) electrons. The minimum atomic E-state index is -4.03. The van der Waals surface area contributed by atoms with Crippen molar-refractivity contribution < 1.29 is 16.8 Å². The standard InChI is InChI=1S/C12H13N3O4S2/c1-20(16,17)9-5-6-10(13)11(8-9)21(18,19)15-12-4-2-3-7-14-12/h2-8H,13H2,1H3,(H,14,15). The fourth-order valence-electron chi connectivity index (χ4n) is 1.59. The number of pyridine rings is 1. The Morgan fingerprint density at radius 1 is 1.10 bits per heavy atom. The van der Waals surface area contributed by atoms with Crippen LogP contribution in [0.2, 0.25) is 0 Å². The molecule has 21 heavy (non-hydrogen) atoms. The lowest BCUT2D eigenvalue weighted by molar-refractivity contribution is 0.600. The number of nitrogens with one attached hydrogen (secondary N) is 1. The molecule has 1 aromatic carbocycles. The van der Waals surface area contributed by atoms with Crippen LogP contribution in [-0.2, 0) is 19.9 Å². The first-order valence-corrected chi connectivity index (χ1v) is 9.11. The third-order valence-electron chi connectivity index (χ3n) is 2.61. The summed E-state index contributed by atoms with van der Waals surface area (Å²) in [5.74, 6) is 0.113. The highest BCUT2D eigenvalue weighted by Crippen LogP contribution is 2.24. The highest BCUT2D eigenvalue weighted by Gasteiger charge is 2.21. The smallest absolute Gasteiger partial charge is 0.265 e. The quantitative estimate of drug-likeness (QED) is 0.804. The first-order valence-electron chi connectivity index (χ1n) is 5.73. The topological polar surface area (TPSA) is 119 Å². The highest BCUT2D eigenvalue weighted by atomic mass is 32.2. The third kappa shape index (κ3) is 3.50. The minimum Gasteiger partial charge on any atom is -0.398 e. The van der Waals surface area contributed by atoms with Crippen LogP contribution in [0.15, 0.2) is 52.4 Å². The maximum atomic E-state index is 12.3. The van der Waals surface area contributed by atoms with E-state index < -0.39 is 19.9 Å². The van der Waals surface area contributed by atoms with Gasteiger partial charge in [0.25, 0.3) is 10.0 Å². The molecule has 0 aliphatic heterocycles. The van der Waals surface area contributed by atoms with E-state index in [1.807, 2.05) is 0 Å². The largest absolute Gasteiger partial charge is 0.398 e. The molecule has 112 valence electrons. The average Bonchev–Trinajstić information content (AvgIpc) is 2.38. The Labute approximate surface area is 122 Å². The van der Waals surface area contributed by atoms with Crippen molar-refractivity contribution in [1.82, 2.24) is 4.98 Å². The summed E-state index contributed by atoms with van der Waals surface area (Å²) in [5.41, 5.74) is 5.59. The van der Waals surface area contributed by atoms with E-state index in [0.717, 1.165) is 12.3 Å². The number of nitrogen functional groups attached to an aromatic ring is 1. The van der Waals surface area contributed by atoms with Gasteiger partial charge in [-0.3, -0.25) is 4.72 Å². The van der Waals surface area contributed by atoms with Crippen molar-refractivity contribution in [3.8, 4) is 0 Å². The lowest BCUT2D eigenvalue weighted by Gasteiger charge is -2.10. The number of aromatic nitrogens is 1. The summed E-state index contributed by atoms with van der Waals surface area (Å²) in [6, 6.07) is 8.23. The van der Waals surface area contributed by atoms with Crippen molar-refractivity contribution in [3.05, 3.63) is 42.6 Å². The first kappa shape index (κ1) is 15.3. The van der Waals surface area contributed by atoms with Crippen LogP contribution in [0, 0.1) is 0 Å². The lowest BCUT2D eigenvalue weighted by atomic mass is 10.3. The number of nitrogens with two attached hydrogens (primary N) is 1. The van der Waals surface area contributed by atoms with Crippen LogP contribution in [0.4, 0.5) is 11.5 Å². The highest BCUT2D eigenvalue weighted by molar-refractivity contribution is 7.93. The second kappa shape index (κ2) is 5.34. The SMILES string of the molecule is CS(=O)(=O)c1ccc(N)c(S(=O)(=O)Nc2ccccn2)c1. The maximum absolute atomic E-state index is 12.3. The van der Waals surface area contributed by atoms with E-state index in [1.54, 1.807) is 12.1 Å². The summed E-state index contributed by atoms with van der Waals surface area (Å²) in [6.45, 7) is 0. The monoisotopic (exact) mass is 327 g/mol. The van der Waals surface area contributed by atoms with Gasteiger partial charge in [0.1, 0.15) is 10.7 Å². The van der Waals surface area contributed by atoms with E-state index in [0.29, 0.717) is 0 Å². The number of hydrogen-bond donors (Lipinski definition) is 2. The van der Waals surface area contributed by atoms with Gasteiger partial charge in [-0.15, -0.1) is 0 Å². The number of rotatable bonds is 4. The van der Waals surface area contributed by atoms with Crippen LogP contribution in [0.5, 0.6) is 0 Å². The molecular weight excluding hydrogens is 314 g/mol. The van der Waals surface area contributed by atoms with Crippen molar-refractivity contribution in [2.75, 3.05) is 16.7 Å². The van der Waals surface area contributed by atoms with Crippen LogP contribution < -0.4 is 10.5 Å². The molecule has 7 nitrogen and oxygen atoms in total. The molecule has 0 aliphatic carbocycles. The molecule has 0 fully saturated rings. The van der Waals surface area contributed by atoms with E-state index >= 15 is 0 Å². The summed E-state index contributed by atoms with van der Waals surface area (Å²) in [7, 11) is -7.57. The predicted octanol–water partition coefficient (Wildman–Crippen LogP) is 0.868. The van der Waals surface area contributed by atoms with Crippen molar-refractivity contribution in [1.29, 1.82) is 0 Å². The summed E-state index contributed by atoms with van der Waals surface area (Å²) in [4.78, 5) is 3.40. The molecule has 2 rings (SSSR count). The normalized spacial score (nSPS) is 12.0. The van der Waals surface area contributed by atoms with Crippen molar-refractivity contribution >= 4 is 31.4 Å². The summed E-state index contributed by atoms with van der Waals surface area (Å²) in [5, 5.41) is 0. The Bertz CT molecular complexity index is 863. The van der Waals surface area contributed by atoms with Gasteiger partial charge in [0.15, 0.2) is 9.84 Å². The Morgan fingerprint density at radius 2 is 1.81 bits per heavy atom. The molecule has 0 amide bonds. The Morgan fingerprint density at radius 3 is 2.38 bits per heavy atom. The number of nitrogens with zero attached hydrogens (tertiary/aromatic N) is 1. The Kier molecular flexibility index (Phi) is 3.88. The van der Waals surface area contributed by atoms with E-state index in [1.165, 1.54) is 24.4 Å². The van der Waals surface area contributed by atoms with Gasteiger partial charge < -0.3 is 5.73 Å². The predicted molar refractivity (Wildman–Crippen MR) is 79.0 cm³/mol. The van der Waals surface area contributed by atoms with Gasteiger partial charge in [-0.05, 0) is 30.3 Å². The molecule has 0 aliphatic rings. The van der Waals surface area contributed by atoms with E-state index in [-0.39, 0.29) is 21.3 Å². The molecule has 0 saturated heterocycles. The van der Waals surface area contributed by atoms with Gasteiger partial charge in [-0.25, -0.2) is 21.8 Å². The summed E-state index contributed by atoms with van der Waals surface area (Å²) in [6.07, 6.45) is 2.41. The van der Waals surface area contributed by atoms with Crippen molar-refractivity contribution in [2.45, 2.75) is 9.79 Å². The molecular formula is C12H13N3O4S2. The van der Waals surface area contributed by atoms with Gasteiger partial charge in [0.2, 0.25) is 0 Å². The number of sulfone groups is 1. The van der Waals surface area contributed by atoms with Crippen LogP contribution in [0.25, 0.3) is 0 Å². The fourth-order valence-corrected chi connectivity index (χ4v) is 3.48. The molecule has 1 heterocycles. The van der Waals surface area contributed by atoms with E-state index in [2.05, 4.69) is 9.71 Å². The Balaban J connectivity index is 2.50. The van der Waals surface area contributed by atoms with E-state index in [9.17, 15) is 16.8 Å². The zero-order chi connectivity index (χ0) is 15.7. The lowest BCUT2D eigenvalue weighted by Crippen LogP contribution is -2.16. The molecule has 1 aromatic heterocycles. The first-order chi connectivity index (χ1) is 9.70. The fraction of sp³-hybridized carbons (Fsp3) is 0.0833. The number of hydrogen-bond acceptors (Lipinski definition) is 6. The third-order valence-corrected chi connectivity index (χ3v) is 5.13. The average molecular weight is 327 g/mol. The van der Waals surface area contributed by atoms with Gasteiger partial charge in [0.05, 0.1) is 10.6 Å². The molecule has 0 atom stereocenters. The molecule has 9 heteroatoms. The zero-order valence-corrected chi connectivity index (χ0v) is 12.6. The molecule has 2 aromatic rings.